The Morgan fingerprint density at radius 2 is 1.83 bits per heavy atom. The maximum Gasteiger partial charge on any atom is 0.331 e. The molecule has 1 aromatic carbocycles. The Morgan fingerprint density at radius 3 is 2.49 bits per heavy atom. The van der Waals surface area contributed by atoms with E-state index in [-0.39, 0.29) is 17.6 Å². The van der Waals surface area contributed by atoms with Crippen LogP contribution in [-0.2, 0) is 20.8 Å². The summed E-state index contributed by atoms with van der Waals surface area (Å²) in [5.74, 6) is -1.96. The van der Waals surface area contributed by atoms with Crippen molar-refractivity contribution >= 4 is 22.9 Å². The highest BCUT2D eigenvalue weighted by molar-refractivity contribution is 6.04. The standard InChI is InChI=1S/C30H35FN4O6/c1-19-7-9-30(10-8-19,29(39)40-2)33-27(37)24-25(36)23-17-21(20-3-5-22(31)6-4-20)18-32-26(23)35(28(24)38)12-11-34-13-15-41-16-14-34/h3-6,17-19,36H,7-16H2,1-2H3,(H,33,37). The number of carbonyl (C=O) groups is 2. The van der Waals surface area contributed by atoms with Crippen LogP contribution in [0.5, 0.6) is 5.75 Å². The van der Waals surface area contributed by atoms with Crippen LogP contribution in [-0.4, -0.2) is 76.9 Å². The summed E-state index contributed by atoms with van der Waals surface area (Å²) in [6.07, 6.45) is 3.68. The number of carbonyl (C=O) groups excluding carboxylic acids is 2. The Hall–Kier alpha value is -3.83. The lowest BCUT2D eigenvalue weighted by molar-refractivity contribution is -0.150. The minimum atomic E-state index is -1.29. The topological polar surface area (TPSA) is 123 Å². The average Bonchev–Trinajstić information content (AvgIpc) is 2.98. The van der Waals surface area contributed by atoms with E-state index in [4.69, 9.17) is 9.47 Å². The molecule has 218 valence electrons. The van der Waals surface area contributed by atoms with Gasteiger partial charge in [0.15, 0.2) is 0 Å². The molecule has 0 unspecified atom stereocenters. The predicted octanol–water partition coefficient (Wildman–Crippen LogP) is 3.09. The van der Waals surface area contributed by atoms with Crippen LogP contribution in [0.1, 0.15) is 43.0 Å². The zero-order valence-corrected chi connectivity index (χ0v) is 23.3. The van der Waals surface area contributed by atoms with Crippen LogP contribution in [0, 0.1) is 11.7 Å². The normalized spacial score (nSPS) is 21.5. The monoisotopic (exact) mass is 566 g/mol. The Labute approximate surface area is 237 Å². The molecule has 1 saturated carbocycles. The van der Waals surface area contributed by atoms with Gasteiger partial charge in [0.2, 0.25) is 0 Å². The molecule has 0 atom stereocenters. The maximum atomic E-state index is 13.8. The van der Waals surface area contributed by atoms with Crippen molar-refractivity contribution < 1.29 is 28.6 Å². The summed E-state index contributed by atoms with van der Waals surface area (Å²) < 4.78 is 25.4. The largest absolute Gasteiger partial charge is 0.506 e. The first kappa shape index (κ1) is 28.7. The summed E-state index contributed by atoms with van der Waals surface area (Å²) in [4.78, 5) is 47.2. The van der Waals surface area contributed by atoms with Gasteiger partial charge in [-0.15, -0.1) is 0 Å². The van der Waals surface area contributed by atoms with Gasteiger partial charge in [-0.3, -0.25) is 19.1 Å². The lowest BCUT2D eigenvalue weighted by atomic mass is 9.77. The van der Waals surface area contributed by atoms with Gasteiger partial charge in [-0.1, -0.05) is 19.1 Å². The van der Waals surface area contributed by atoms with Crippen LogP contribution in [0.25, 0.3) is 22.2 Å². The molecule has 2 aliphatic rings. The lowest BCUT2D eigenvalue weighted by Gasteiger charge is -2.37. The second-order valence-electron chi connectivity index (χ2n) is 10.9. The Bertz CT molecular complexity index is 1490. The summed E-state index contributed by atoms with van der Waals surface area (Å²) in [6, 6.07) is 7.44. The highest BCUT2D eigenvalue weighted by Crippen LogP contribution is 2.34. The van der Waals surface area contributed by atoms with Crippen LogP contribution >= 0.6 is 0 Å². The van der Waals surface area contributed by atoms with Crippen molar-refractivity contribution in [2.24, 2.45) is 5.92 Å². The number of pyridine rings is 2. The van der Waals surface area contributed by atoms with E-state index < -0.39 is 40.1 Å². The van der Waals surface area contributed by atoms with Crippen molar-refractivity contribution in [1.29, 1.82) is 0 Å². The average molecular weight is 567 g/mol. The number of nitrogens with one attached hydrogen (secondary N) is 1. The fraction of sp³-hybridized carbons (Fsp3) is 0.467. The number of ether oxygens (including phenoxy) is 2. The molecule has 2 N–H and O–H groups in total. The molecule has 2 fully saturated rings. The molecule has 11 heteroatoms. The van der Waals surface area contributed by atoms with Crippen molar-refractivity contribution in [2.75, 3.05) is 40.0 Å². The molecule has 2 aromatic heterocycles. The van der Waals surface area contributed by atoms with E-state index >= 15 is 0 Å². The van der Waals surface area contributed by atoms with E-state index in [2.05, 4.69) is 22.1 Å². The first-order valence-electron chi connectivity index (χ1n) is 13.9. The van der Waals surface area contributed by atoms with E-state index in [1.54, 1.807) is 24.4 Å². The molecule has 1 amide bonds. The highest BCUT2D eigenvalue weighted by atomic mass is 19.1. The van der Waals surface area contributed by atoms with Crippen molar-refractivity contribution in [2.45, 2.75) is 44.7 Å². The lowest BCUT2D eigenvalue weighted by Crippen LogP contribution is -2.57. The van der Waals surface area contributed by atoms with Gasteiger partial charge in [0.05, 0.1) is 25.7 Å². The quantitative estimate of drug-likeness (QED) is 0.419. The predicted molar refractivity (Wildman–Crippen MR) is 150 cm³/mol. The highest BCUT2D eigenvalue weighted by Gasteiger charge is 2.44. The summed E-state index contributed by atoms with van der Waals surface area (Å²) in [7, 11) is 1.27. The van der Waals surface area contributed by atoms with E-state index in [1.807, 2.05) is 0 Å². The van der Waals surface area contributed by atoms with Gasteiger partial charge in [-0.2, -0.15) is 0 Å². The molecule has 1 aliphatic heterocycles. The van der Waals surface area contributed by atoms with Crippen LogP contribution in [0.2, 0.25) is 0 Å². The Morgan fingerprint density at radius 1 is 1.15 bits per heavy atom. The van der Waals surface area contributed by atoms with Crippen LogP contribution in [0.4, 0.5) is 4.39 Å². The Balaban J connectivity index is 1.59. The minimum absolute atomic E-state index is 0.197. The molecule has 41 heavy (non-hydrogen) atoms. The number of nitrogens with zero attached hydrogens (tertiary/aromatic N) is 3. The van der Waals surface area contributed by atoms with Gasteiger partial charge in [0.1, 0.15) is 28.3 Å². The minimum Gasteiger partial charge on any atom is -0.506 e. The summed E-state index contributed by atoms with van der Waals surface area (Å²) in [5.41, 5.74) is -1.01. The zero-order chi connectivity index (χ0) is 29.1. The smallest absolute Gasteiger partial charge is 0.331 e. The number of rotatable bonds is 7. The van der Waals surface area contributed by atoms with E-state index in [0.717, 1.165) is 0 Å². The number of morpholine rings is 1. The van der Waals surface area contributed by atoms with E-state index in [9.17, 15) is 23.9 Å². The van der Waals surface area contributed by atoms with Crippen molar-refractivity contribution in [3.63, 3.8) is 0 Å². The molecule has 0 bridgehead atoms. The summed E-state index contributed by atoms with van der Waals surface area (Å²) >= 11 is 0. The number of amides is 1. The molecular formula is C30H35FN4O6. The molecule has 0 spiro atoms. The number of methoxy groups -OCH3 is 1. The third-order valence-corrected chi connectivity index (χ3v) is 8.28. The van der Waals surface area contributed by atoms with Crippen LogP contribution < -0.4 is 10.9 Å². The van der Waals surface area contributed by atoms with Crippen molar-refractivity contribution in [3.8, 4) is 16.9 Å². The second kappa shape index (κ2) is 12.0. The third-order valence-electron chi connectivity index (χ3n) is 8.28. The number of hydrogen-bond donors (Lipinski definition) is 2. The zero-order valence-electron chi connectivity index (χ0n) is 23.3. The number of esters is 1. The summed E-state index contributed by atoms with van der Waals surface area (Å²) in [6.45, 7) is 5.41. The molecule has 3 aromatic rings. The van der Waals surface area contributed by atoms with Gasteiger partial charge in [0.25, 0.3) is 11.5 Å². The molecule has 1 saturated heterocycles. The first-order chi connectivity index (χ1) is 19.7. The van der Waals surface area contributed by atoms with Crippen LogP contribution in [0.3, 0.4) is 0 Å². The fourth-order valence-electron chi connectivity index (χ4n) is 5.70. The molecule has 3 heterocycles. The maximum absolute atomic E-state index is 13.8. The SMILES string of the molecule is COC(=O)C1(NC(=O)c2c(O)c3cc(-c4ccc(F)cc4)cnc3n(CCN3CCOCC3)c2=O)CCC(C)CC1. The Kier molecular flexibility index (Phi) is 8.37. The van der Waals surface area contributed by atoms with Crippen molar-refractivity contribution in [1.82, 2.24) is 19.8 Å². The van der Waals surface area contributed by atoms with Gasteiger partial charge < -0.3 is 19.9 Å². The molecule has 10 nitrogen and oxygen atoms in total. The van der Waals surface area contributed by atoms with E-state index in [0.29, 0.717) is 75.6 Å². The first-order valence-corrected chi connectivity index (χ1v) is 13.9. The summed E-state index contributed by atoms with van der Waals surface area (Å²) in [5, 5.41) is 14.4. The molecule has 0 radical (unpaired) electrons. The van der Waals surface area contributed by atoms with Gasteiger partial charge in [-0.05, 0) is 55.4 Å². The number of hydrogen-bond acceptors (Lipinski definition) is 8. The number of halogens is 1. The van der Waals surface area contributed by atoms with Crippen molar-refractivity contribution in [3.05, 3.63) is 58.3 Å². The molecular weight excluding hydrogens is 531 g/mol. The number of aromatic hydroxyl groups is 1. The van der Waals surface area contributed by atoms with Gasteiger partial charge in [0, 0.05) is 37.9 Å². The molecule has 1 aliphatic carbocycles. The number of fused-ring (bicyclic) bond motifs is 1. The van der Waals surface area contributed by atoms with E-state index in [1.165, 1.54) is 23.8 Å². The molecule has 5 rings (SSSR count). The number of aromatic nitrogens is 2. The van der Waals surface area contributed by atoms with Crippen LogP contribution in [0.15, 0.2) is 41.3 Å². The fourth-order valence-corrected chi connectivity index (χ4v) is 5.70. The van der Waals surface area contributed by atoms with Gasteiger partial charge in [-0.25, -0.2) is 14.2 Å². The number of benzene rings is 1. The van der Waals surface area contributed by atoms with Gasteiger partial charge >= 0.3 is 5.97 Å². The third kappa shape index (κ3) is 5.82. The second-order valence-corrected chi connectivity index (χ2v) is 10.9.